The van der Waals surface area contributed by atoms with Crippen LogP contribution < -0.4 is 14.8 Å². The molecule has 0 spiro atoms. The van der Waals surface area contributed by atoms with E-state index in [1.807, 2.05) is 0 Å². The van der Waals surface area contributed by atoms with Crippen molar-refractivity contribution in [2.24, 2.45) is 0 Å². The molecule has 2 amide bonds. The number of amides is 2. The number of hydrogen-bond acceptors (Lipinski definition) is 4. The van der Waals surface area contributed by atoms with E-state index < -0.39 is 6.04 Å². The van der Waals surface area contributed by atoms with Gasteiger partial charge in [0.15, 0.2) is 11.5 Å². The maximum Gasteiger partial charge on any atom is 0.254 e. The second-order valence-corrected chi connectivity index (χ2v) is 7.51. The predicted molar refractivity (Wildman–Crippen MR) is 113 cm³/mol. The first-order chi connectivity index (χ1) is 13.9. The van der Waals surface area contributed by atoms with Gasteiger partial charge < -0.3 is 19.7 Å². The first-order valence-electron chi connectivity index (χ1n) is 9.23. The lowest BCUT2D eigenvalue weighted by molar-refractivity contribution is -0.121. The molecule has 1 aliphatic rings. The Bertz CT molecular complexity index is 920. The van der Waals surface area contributed by atoms with Gasteiger partial charge in [-0.2, -0.15) is 0 Å². The van der Waals surface area contributed by atoms with Crippen molar-refractivity contribution in [3.8, 4) is 11.5 Å². The highest BCUT2D eigenvalue weighted by molar-refractivity contribution is 6.42. The Labute approximate surface area is 179 Å². The van der Waals surface area contributed by atoms with Crippen molar-refractivity contribution in [2.45, 2.75) is 25.3 Å². The van der Waals surface area contributed by atoms with Gasteiger partial charge in [0, 0.05) is 17.8 Å². The molecule has 8 heteroatoms. The summed E-state index contributed by atoms with van der Waals surface area (Å²) in [6.07, 6.45) is 2.30. The van der Waals surface area contributed by atoms with E-state index >= 15 is 0 Å². The molecule has 1 N–H and O–H groups in total. The van der Waals surface area contributed by atoms with E-state index in [1.165, 1.54) is 14.2 Å². The molecule has 1 fully saturated rings. The van der Waals surface area contributed by atoms with Gasteiger partial charge in [-0.3, -0.25) is 9.59 Å². The molecule has 2 aromatic carbocycles. The Morgan fingerprint density at radius 3 is 2.45 bits per heavy atom. The van der Waals surface area contributed by atoms with Crippen LogP contribution in [0.1, 0.15) is 29.6 Å². The Morgan fingerprint density at radius 2 is 1.76 bits per heavy atom. The fraction of sp³-hybridized carbons (Fsp3) is 0.333. The van der Waals surface area contributed by atoms with Crippen LogP contribution in [-0.2, 0) is 4.79 Å². The number of halogens is 2. The molecule has 154 valence electrons. The Kier molecular flexibility index (Phi) is 6.87. The minimum absolute atomic E-state index is 0.222. The molecule has 0 aromatic heterocycles. The summed E-state index contributed by atoms with van der Waals surface area (Å²) >= 11 is 12.0. The number of carbonyl (C=O) groups excluding carboxylic acids is 2. The SMILES string of the molecule is COc1ccc(C(=O)N2CCCCC2C(=O)Nc2ccc(Cl)c(Cl)c2)cc1OC. The van der Waals surface area contributed by atoms with E-state index in [1.54, 1.807) is 41.3 Å². The number of piperidine rings is 1. The first-order valence-corrected chi connectivity index (χ1v) is 9.99. The summed E-state index contributed by atoms with van der Waals surface area (Å²) in [6.45, 7) is 0.507. The number of likely N-dealkylation sites (tertiary alicyclic amines) is 1. The van der Waals surface area contributed by atoms with Crippen LogP contribution in [0.2, 0.25) is 10.0 Å². The summed E-state index contributed by atoms with van der Waals surface area (Å²) in [5.74, 6) is 0.528. The van der Waals surface area contributed by atoms with Crippen LogP contribution in [0.25, 0.3) is 0 Å². The summed E-state index contributed by atoms with van der Waals surface area (Å²) in [4.78, 5) is 27.7. The topological polar surface area (TPSA) is 67.9 Å². The third kappa shape index (κ3) is 4.77. The van der Waals surface area contributed by atoms with Crippen LogP contribution >= 0.6 is 23.2 Å². The largest absolute Gasteiger partial charge is 0.493 e. The number of nitrogens with zero attached hydrogens (tertiary/aromatic N) is 1. The fourth-order valence-electron chi connectivity index (χ4n) is 3.38. The molecule has 3 rings (SSSR count). The van der Waals surface area contributed by atoms with E-state index in [9.17, 15) is 9.59 Å². The van der Waals surface area contributed by atoms with Gasteiger partial charge in [-0.25, -0.2) is 0 Å². The van der Waals surface area contributed by atoms with E-state index in [0.29, 0.717) is 45.8 Å². The van der Waals surface area contributed by atoms with E-state index in [2.05, 4.69) is 5.32 Å². The zero-order valence-corrected chi connectivity index (χ0v) is 17.7. The van der Waals surface area contributed by atoms with Crippen LogP contribution in [0.4, 0.5) is 5.69 Å². The zero-order valence-electron chi connectivity index (χ0n) is 16.2. The number of nitrogens with one attached hydrogen (secondary N) is 1. The van der Waals surface area contributed by atoms with Gasteiger partial charge in [0.05, 0.1) is 24.3 Å². The van der Waals surface area contributed by atoms with Crippen molar-refractivity contribution in [2.75, 3.05) is 26.1 Å². The average Bonchev–Trinajstić information content (AvgIpc) is 2.75. The molecular weight excluding hydrogens is 415 g/mol. The standard InChI is InChI=1S/C21H22Cl2N2O4/c1-28-18-9-6-13(11-19(18)29-2)21(27)25-10-4-3-5-17(25)20(26)24-14-7-8-15(22)16(23)12-14/h6-9,11-12,17H,3-5,10H2,1-2H3,(H,24,26). The number of carbonyl (C=O) groups is 2. The van der Waals surface area contributed by atoms with Gasteiger partial charge in [-0.1, -0.05) is 23.2 Å². The maximum absolute atomic E-state index is 13.1. The maximum atomic E-state index is 13.1. The van der Waals surface area contributed by atoms with Crippen LogP contribution in [0, 0.1) is 0 Å². The molecule has 0 bridgehead atoms. The van der Waals surface area contributed by atoms with E-state index in [0.717, 1.165) is 12.8 Å². The summed E-state index contributed by atoms with van der Waals surface area (Å²) < 4.78 is 10.5. The van der Waals surface area contributed by atoms with Crippen LogP contribution in [-0.4, -0.2) is 43.5 Å². The molecule has 0 radical (unpaired) electrons. The second kappa shape index (κ2) is 9.37. The number of anilines is 1. The molecule has 1 heterocycles. The van der Waals surface area contributed by atoms with Gasteiger partial charge in [0.2, 0.25) is 5.91 Å². The number of hydrogen-bond donors (Lipinski definition) is 1. The highest BCUT2D eigenvalue weighted by atomic mass is 35.5. The average molecular weight is 437 g/mol. The van der Waals surface area contributed by atoms with Crippen molar-refractivity contribution in [3.63, 3.8) is 0 Å². The summed E-state index contributed by atoms with van der Waals surface area (Å²) in [6, 6.07) is 9.29. The zero-order chi connectivity index (χ0) is 21.0. The normalized spacial score (nSPS) is 16.3. The Morgan fingerprint density at radius 1 is 1.00 bits per heavy atom. The lowest BCUT2D eigenvalue weighted by Gasteiger charge is -2.35. The summed E-state index contributed by atoms with van der Waals surface area (Å²) in [5, 5.41) is 3.60. The lowest BCUT2D eigenvalue weighted by Crippen LogP contribution is -2.50. The molecule has 1 unspecified atom stereocenters. The molecule has 29 heavy (non-hydrogen) atoms. The monoisotopic (exact) mass is 436 g/mol. The molecule has 2 aromatic rings. The highest BCUT2D eigenvalue weighted by Crippen LogP contribution is 2.30. The van der Waals surface area contributed by atoms with Crippen molar-refractivity contribution in [3.05, 3.63) is 52.0 Å². The van der Waals surface area contributed by atoms with E-state index in [-0.39, 0.29) is 11.8 Å². The summed E-state index contributed by atoms with van der Waals surface area (Å²) in [7, 11) is 3.05. The summed E-state index contributed by atoms with van der Waals surface area (Å²) in [5.41, 5.74) is 0.977. The van der Waals surface area contributed by atoms with E-state index in [4.69, 9.17) is 32.7 Å². The number of benzene rings is 2. The molecular formula is C21H22Cl2N2O4. The minimum atomic E-state index is -0.571. The third-order valence-corrected chi connectivity index (χ3v) is 5.62. The molecule has 1 saturated heterocycles. The highest BCUT2D eigenvalue weighted by Gasteiger charge is 2.33. The molecule has 6 nitrogen and oxygen atoms in total. The number of rotatable bonds is 5. The molecule has 1 aliphatic heterocycles. The molecule has 0 saturated carbocycles. The van der Waals surface area contributed by atoms with Gasteiger partial charge in [0.1, 0.15) is 6.04 Å². The predicted octanol–water partition coefficient (Wildman–Crippen LogP) is 4.64. The van der Waals surface area contributed by atoms with Crippen molar-refractivity contribution >= 4 is 40.7 Å². The lowest BCUT2D eigenvalue weighted by atomic mass is 9.99. The quantitative estimate of drug-likeness (QED) is 0.740. The molecule has 0 aliphatic carbocycles. The Balaban J connectivity index is 1.80. The number of ether oxygens (including phenoxy) is 2. The van der Waals surface area contributed by atoms with Crippen LogP contribution in [0.15, 0.2) is 36.4 Å². The van der Waals surface area contributed by atoms with Crippen molar-refractivity contribution < 1.29 is 19.1 Å². The van der Waals surface area contributed by atoms with Gasteiger partial charge in [-0.05, 0) is 55.7 Å². The van der Waals surface area contributed by atoms with Crippen LogP contribution in [0.3, 0.4) is 0 Å². The fourth-order valence-corrected chi connectivity index (χ4v) is 3.68. The second-order valence-electron chi connectivity index (χ2n) is 6.70. The third-order valence-electron chi connectivity index (χ3n) is 4.88. The van der Waals surface area contributed by atoms with Gasteiger partial charge >= 0.3 is 0 Å². The van der Waals surface area contributed by atoms with Crippen molar-refractivity contribution in [1.29, 1.82) is 0 Å². The van der Waals surface area contributed by atoms with Gasteiger partial charge in [0.25, 0.3) is 5.91 Å². The van der Waals surface area contributed by atoms with Crippen molar-refractivity contribution in [1.82, 2.24) is 4.90 Å². The smallest absolute Gasteiger partial charge is 0.254 e. The Hall–Kier alpha value is -2.44. The van der Waals surface area contributed by atoms with Crippen LogP contribution in [0.5, 0.6) is 11.5 Å². The number of methoxy groups -OCH3 is 2. The van der Waals surface area contributed by atoms with Gasteiger partial charge in [-0.15, -0.1) is 0 Å². The first kappa shape index (κ1) is 21.3. The molecule has 1 atom stereocenters. The minimum Gasteiger partial charge on any atom is -0.493 e.